The third kappa shape index (κ3) is 4.88. The minimum Gasteiger partial charge on any atom is -0.497 e. The second-order valence-electron chi connectivity index (χ2n) is 6.39. The van der Waals surface area contributed by atoms with Crippen LogP contribution >= 0.6 is 0 Å². The Hall–Kier alpha value is -3.35. The van der Waals surface area contributed by atoms with E-state index in [9.17, 15) is 9.59 Å². The molecule has 1 fully saturated rings. The lowest BCUT2D eigenvalue weighted by Gasteiger charge is -2.15. The number of anilines is 1. The molecule has 1 saturated heterocycles. The summed E-state index contributed by atoms with van der Waals surface area (Å²) in [4.78, 5) is 25.5. The van der Waals surface area contributed by atoms with Crippen molar-refractivity contribution in [2.24, 2.45) is 5.10 Å². The van der Waals surface area contributed by atoms with Crippen LogP contribution in [0.15, 0.2) is 53.6 Å². The number of nitrogens with one attached hydrogen (secondary N) is 1. The average Bonchev–Trinajstić information content (AvgIpc) is 3.16. The zero-order valence-corrected chi connectivity index (χ0v) is 16.0. The molecular weight excluding hydrogens is 358 g/mol. The molecule has 0 radical (unpaired) electrons. The molecule has 0 unspecified atom stereocenters. The van der Waals surface area contributed by atoms with Crippen molar-refractivity contribution < 1.29 is 19.1 Å². The molecule has 0 spiro atoms. The number of nitrogens with zero attached hydrogens (tertiary/aromatic N) is 2. The number of hydrogen-bond donors (Lipinski definition) is 1. The van der Waals surface area contributed by atoms with Crippen LogP contribution in [0.1, 0.15) is 25.3 Å². The van der Waals surface area contributed by atoms with E-state index >= 15 is 0 Å². The first-order valence-corrected chi connectivity index (χ1v) is 9.07. The largest absolute Gasteiger partial charge is 0.497 e. The fourth-order valence-corrected chi connectivity index (χ4v) is 2.87. The van der Waals surface area contributed by atoms with Crippen molar-refractivity contribution in [1.29, 1.82) is 0 Å². The number of amides is 2. The highest BCUT2D eigenvalue weighted by Crippen LogP contribution is 2.21. The molecule has 0 aromatic heterocycles. The molecule has 3 rings (SSSR count). The van der Waals surface area contributed by atoms with Gasteiger partial charge >= 0.3 is 0 Å². The van der Waals surface area contributed by atoms with Crippen molar-refractivity contribution in [3.8, 4) is 11.5 Å². The zero-order chi connectivity index (χ0) is 19.9. The number of rotatable bonds is 7. The molecule has 0 saturated carbocycles. The standard InChI is InChI=1S/C21H23N3O4/c1-15(16-5-7-17(8-6-16)24-13-3-4-21(24)26)22-23-20(25)14-28-19-11-9-18(27-2)10-12-19/h5-12H,3-4,13-14H2,1-2H3,(H,23,25)/b22-15-. The van der Waals surface area contributed by atoms with E-state index in [0.29, 0.717) is 17.9 Å². The lowest BCUT2D eigenvalue weighted by atomic mass is 10.1. The number of methoxy groups -OCH3 is 1. The van der Waals surface area contributed by atoms with Crippen molar-refractivity contribution in [1.82, 2.24) is 5.43 Å². The molecule has 1 aliphatic heterocycles. The van der Waals surface area contributed by atoms with Gasteiger partial charge in [-0.1, -0.05) is 12.1 Å². The van der Waals surface area contributed by atoms with Gasteiger partial charge in [0, 0.05) is 18.7 Å². The Bertz CT molecular complexity index is 860. The van der Waals surface area contributed by atoms with E-state index < -0.39 is 0 Å². The molecule has 1 N–H and O–H groups in total. The predicted molar refractivity (Wildman–Crippen MR) is 107 cm³/mol. The summed E-state index contributed by atoms with van der Waals surface area (Å²) in [5.74, 6) is 1.09. The number of carbonyl (C=O) groups is 2. The summed E-state index contributed by atoms with van der Waals surface area (Å²) >= 11 is 0. The highest BCUT2D eigenvalue weighted by Gasteiger charge is 2.21. The molecule has 7 nitrogen and oxygen atoms in total. The molecule has 1 heterocycles. The van der Waals surface area contributed by atoms with Gasteiger partial charge in [-0.25, -0.2) is 5.43 Å². The van der Waals surface area contributed by atoms with Crippen molar-refractivity contribution in [2.45, 2.75) is 19.8 Å². The van der Waals surface area contributed by atoms with Crippen LogP contribution in [0, 0.1) is 0 Å². The highest BCUT2D eigenvalue weighted by atomic mass is 16.5. The van der Waals surface area contributed by atoms with E-state index in [2.05, 4.69) is 10.5 Å². The topological polar surface area (TPSA) is 80.2 Å². The van der Waals surface area contributed by atoms with Gasteiger partial charge in [0.05, 0.1) is 12.8 Å². The Morgan fingerprint density at radius 1 is 1.11 bits per heavy atom. The SMILES string of the molecule is COc1ccc(OCC(=O)N/N=C(/C)c2ccc(N3CCCC3=O)cc2)cc1. The summed E-state index contributed by atoms with van der Waals surface area (Å²) in [5.41, 5.74) is 4.90. The van der Waals surface area contributed by atoms with Crippen LogP contribution in [0.5, 0.6) is 11.5 Å². The van der Waals surface area contributed by atoms with Gasteiger partial charge in [-0.05, 0) is 55.3 Å². The molecule has 7 heteroatoms. The van der Waals surface area contributed by atoms with E-state index in [1.807, 2.05) is 24.3 Å². The van der Waals surface area contributed by atoms with Crippen molar-refractivity contribution in [2.75, 3.05) is 25.2 Å². The fraction of sp³-hybridized carbons (Fsp3) is 0.286. The summed E-state index contributed by atoms with van der Waals surface area (Å²) in [6.07, 6.45) is 1.50. The van der Waals surface area contributed by atoms with Gasteiger partial charge in [0.2, 0.25) is 5.91 Å². The summed E-state index contributed by atoms with van der Waals surface area (Å²) in [7, 11) is 1.59. The lowest BCUT2D eigenvalue weighted by molar-refractivity contribution is -0.123. The number of benzene rings is 2. The number of hydrogen-bond acceptors (Lipinski definition) is 5. The molecular formula is C21H23N3O4. The van der Waals surface area contributed by atoms with Gasteiger partial charge in [-0.15, -0.1) is 0 Å². The predicted octanol–water partition coefficient (Wildman–Crippen LogP) is 2.74. The van der Waals surface area contributed by atoms with E-state index in [4.69, 9.17) is 9.47 Å². The molecule has 0 atom stereocenters. The molecule has 2 aromatic carbocycles. The summed E-state index contributed by atoms with van der Waals surface area (Å²) in [5, 5.41) is 4.11. The zero-order valence-electron chi connectivity index (χ0n) is 16.0. The van der Waals surface area contributed by atoms with Gasteiger partial charge in [-0.3, -0.25) is 9.59 Å². The summed E-state index contributed by atoms with van der Waals surface area (Å²) < 4.78 is 10.5. The van der Waals surface area contributed by atoms with Gasteiger partial charge in [0.1, 0.15) is 11.5 Å². The molecule has 146 valence electrons. The first-order chi connectivity index (χ1) is 13.6. The number of carbonyl (C=O) groups excluding carboxylic acids is 2. The Morgan fingerprint density at radius 3 is 2.39 bits per heavy atom. The Morgan fingerprint density at radius 2 is 1.79 bits per heavy atom. The van der Waals surface area contributed by atoms with Crippen molar-refractivity contribution in [3.63, 3.8) is 0 Å². The van der Waals surface area contributed by atoms with Crippen LogP contribution in [-0.4, -0.2) is 37.8 Å². The Balaban J connectivity index is 1.51. The van der Waals surface area contributed by atoms with Crippen LogP contribution in [0.4, 0.5) is 5.69 Å². The highest BCUT2D eigenvalue weighted by molar-refractivity contribution is 6.00. The molecule has 0 bridgehead atoms. The summed E-state index contributed by atoms with van der Waals surface area (Å²) in [6.45, 7) is 2.43. The van der Waals surface area contributed by atoms with Gasteiger partial charge < -0.3 is 14.4 Å². The molecule has 2 amide bonds. The van der Waals surface area contributed by atoms with Gasteiger partial charge in [0.15, 0.2) is 6.61 Å². The number of hydrazone groups is 1. The first-order valence-electron chi connectivity index (χ1n) is 9.07. The first kappa shape index (κ1) is 19.4. The minimum atomic E-state index is -0.352. The van der Waals surface area contributed by atoms with Crippen molar-refractivity contribution in [3.05, 3.63) is 54.1 Å². The van der Waals surface area contributed by atoms with Crippen LogP contribution in [0.3, 0.4) is 0 Å². The van der Waals surface area contributed by atoms with Crippen LogP contribution in [0.25, 0.3) is 0 Å². The monoisotopic (exact) mass is 381 g/mol. The molecule has 28 heavy (non-hydrogen) atoms. The smallest absolute Gasteiger partial charge is 0.277 e. The third-order valence-electron chi connectivity index (χ3n) is 4.45. The maximum atomic E-state index is 11.9. The van der Waals surface area contributed by atoms with Crippen LogP contribution in [0.2, 0.25) is 0 Å². The molecule has 2 aromatic rings. The van der Waals surface area contributed by atoms with Gasteiger partial charge in [0.25, 0.3) is 5.91 Å². The van der Waals surface area contributed by atoms with Gasteiger partial charge in [-0.2, -0.15) is 5.10 Å². The number of ether oxygens (including phenoxy) is 2. The molecule has 0 aliphatic carbocycles. The van der Waals surface area contributed by atoms with E-state index in [-0.39, 0.29) is 18.4 Å². The fourth-order valence-electron chi connectivity index (χ4n) is 2.87. The van der Waals surface area contributed by atoms with Crippen molar-refractivity contribution >= 4 is 23.2 Å². The van der Waals surface area contributed by atoms with E-state index in [1.165, 1.54) is 0 Å². The normalized spacial score (nSPS) is 14.1. The van der Waals surface area contributed by atoms with Crippen LogP contribution in [-0.2, 0) is 9.59 Å². The second-order valence-corrected chi connectivity index (χ2v) is 6.39. The van der Waals surface area contributed by atoms with E-state index in [1.54, 1.807) is 43.2 Å². The Kier molecular flexibility index (Phi) is 6.26. The average molecular weight is 381 g/mol. The summed E-state index contributed by atoms with van der Waals surface area (Å²) in [6, 6.07) is 14.5. The molecule has 1 aliphatic rings. The maximum Gasteiger partial charge on any atom is 0.277 e. The maximum absolute atomic E-state index is 11.9. The quantitative estimate of drug-likeness (QED) is 0.591. The van der Waals surface area contributed by atoms with E-state index in [0.717, 1.165) is 30.0 Å². The third-order valence-corrected chi connectivity index (χ3v) is 4.45. The van der Waals surface area contributed by atoms with Crippen LogP contribution < -0.4 is 19.8 Å². The minimum absolute atomic E-state index is 0.140. The Labute approximate surface area is 163 Å². The lowest BCUT2D eigenvalue weighted by Crippen LogP contribution is -2.25. The second kappa shape index (κ2) is 9.03.